The van der Waals surface area contributed by atoms with Crippen LogP contribution in [-0.2, 0) is 10.1 Å². The summed E-state index contributed by atoms with van der Waals surface area (Å²) in [5, 5.41) is 21.3. The Balaban J connectivity index is 2.34. The summed E-state index contributed by atoms with van der Waals surface area (Å²) in [6.45, 7) is 0. The van der Waals surface area contributed by atoms with Crippen molar-refractivity contribution in [3.63, 3.8) is 0 Å². The molecule has 0 bridgehead atoms. The number of benzene rings is 2. The summed E-state index contributed by atoms with van der Waals surface area (Å²) >= 11 is 12.1. The van der Waals surface area contributed by atoms with E-state index in [1.807, 2.05) is 0 Å². The molecule has 0 aliphatic heterocycles. The Kier molecular flexibility index (Phi) is 4.71. The van der Waals surface area contributed by atoms with Gasteiger partial charge in [0, 0.05) is 20.8 Å². The number of fused-ring (bicyclic) bond motifs is 3. The van der Waals surface area contributed by atoms with Crippen molar-refractivity contribution in [1.29, 1.82) is 10.7 Å². The molecule has 0 amide bonds. The van der Waals surface area contributed by atoms with Gasteiger partial charge in [0.25, 0.3) is 10.1 Å². The molecule has 12 heteroatoms. The van der Waals surface area contributed by atoms with Gasteiger partial charge >= 0.3 is 0 Å². The smallest absolute Gasteiger partial charge is 0.296 e. The highest BCUT2D eigenvalue weighted by molar-refractivity contribution is 7.86. The predicted octanol–water partition coefficient (Wildman–Crippen LogP) is 3.10. The lowest BCUT2D eigenvalue weighted by atomic mass is 10.1. The van der Waals surface area contributed by atoms with E-state index in [1.54, 1.807) is 12.1 Å². The molecular weight excluding hydrogens is 415 g/mol. The first kappa shape index (κ1) is 18.9. The van der Waals surface area contributed by atoms with E-state index >= 15 is 0 Å². The van der Waals surface area contributed by atoms with Gasteiger partial charge in [-0.1, -0.05) is 23.2 Å². The molecule has 0 unspecified atom stereocenters. The number of nitrogens with zero attached hydrogens (tertiary/aromatic N) is 2. The number of halogens is 2. The fraction of sp³-hybridized carbons (Fsp3) is 0. The summed E-state index contributed by atoms with van der Waals surface area (Å²) in [4.78, 5) is 2.50. The topological polar surface area (TPSA) is 168 Å². The van der Waals surface area contributed by atoms with Crippen LogP contribution in [0.25, 0.3) is 21.8 Å². The number of H-pyrrole nitrogens is 1. The van der Waals surface area contributed by atoms with Crippen LogP contribution >= 0.6 is 23.2 Å². The second-order valence-electron chi connectivity index (χ2n) is 5.40. The number of aromatic nitrogens is 1. The molecule has 0 saturated carbocycles. The average Bonchev–Trinajstić information content (AvgIpc) is 2.91. The van der Waals surface area contributed by atoms with E-state index in [2.05, 4.69) is 15.5 Å². The first-order chi connectivity index (χ1) is 12.6. The number of amidine groups is 1. The Labute approximate surface area is 162 Å². The van der Waals surface area contributed by atoms with Gasteiger partial charge in [0.05, 0.1) is 16.7 Å². The van der Waals surface area contributed by atoms with E-state index in [1.165, 1.54) is 12.1 Å². The maximum absolute atomic E-state index is 11.7. The van der Waals surface area contributed by atoms with Crippen LogP contribution in [0.15, 0.2) is 34.3 Å². The number of rotatable bonds is 4. The number of hydrazone groups is 1. The Morgan fingerprint density at radius 1 is 1.22 bits per heavy atom. The van der Waals surface area contributed by atoms with E-state index in [9.17, 15) is 13.0 Å². The van der Waals surface area contributed by atoms with Gasteiger partial charge in [-0.15, -0.1) is 0 Å². The summed E-state index contributed by atoms with van der Waals surface area (Å²) < 4.78 is 32.9. The Morgan fingerprint density at radius 3 is 2.37 bits per heavy atom. The molecule has 1 heterocycles. The molecule has 0 radical (unpaired) electrons. The molecule has 3 aromatic rings. The van der Waals surface area contributed by atoms with Crippen molar-refractivity contribution in [2.45, 2.75) is 4.90 Å². The second-order valence-corrected chi connectivity index (χ2v) is 7.66. The van der Waals surface area contributed by atoms with Crippen LogP contribution in [0.1, 0.15) is 0 Å². The van der Waals surface area contributed by atoms with Crippen LogP contribution in [0.4, 0.5) is 5.69 Å². The van der Waals surface area contributed by atoms with Crippen molar-refractivity contribution >= 4 is 72.4 Å². The molecule has 138 valence electrons. The van der Waals surface area contributed by atoms with Gasteiger partial charge in [0.15, 0.2) is 5.84 Å². The molecule has 0 fully saturated rings. The van der Waals surface area contributed by atoms with E-state index in [-0.39, 0.29) is 21.3 Å². The van der Waals surface area contributed by atoms with Gasteiger partial charge < -0.3 is 10.7 Å². The lowest BCUT2D eigenvalue weighted by Crippen LogP contribution is -2.21. The van der Waals surface area contributed by atoms with Crippen molar-refractivity contribution < 1.29 is 13.0 Å². The second kappa shape index (κ2) is 6.71. The molecule has 27 heavy (non-hydrogen) atoms. The molecule has 0 aliphatic carbocycles. The Bertz CT molecular complexity index is 1290. The zero-order chi connectivity index (χ0) is 19.9. The van der Waals surface area contributed by atoms with Crippen LogP contribution in [-0.4, -0.2) is 29.5 Å². The van der Waals surface area contributed by atoms with E-state index in [0.717, 1.165) is 6.07 Å². The third-order valence-corrected chi connectivity index (χ3v) is 4.95. The molecule has 9 nitrogen and oxygen atoms in total. The van der Waals surface area contributed by atoms with Crippen LogP contribution in [0.3, 0.4) is 0 Å². The predicted molar refractivity (Wildman–Crippen MR) is 104 cm³/mol. The fourth-order valence-electron chi connectivity index (χ4n) is 2.56. The van der Waals surface area contributed by atoms with Crippen molar-refractivity contribution in [2.75, 3.05) is 5.43 Å². The van der Waals surface area contributed by atoms with Gasteiger partial charge in [0.2, 0.25) is 5.71 Å². The maximum Gasteiger partial charge on any atom is 0.296 e. The Morgan fingerprint density at radius 2 is 1.81 bits per heavy atom. The summed E-state index contributed by atoms with van der Waals surface area (Å²) in [5.74, 6) is -0.527. The molecule has 0 spiro atoms. The van der Waals surface area contributed by atoms with Gasteiger partial charge in [-0.3, -0.25) is 15.4 Å². The van der Waals surface area contributed by atoms with Gasteiger partial charge in [0.1, 0.15) is 11.0 Å². The summed E-state index contributed by atoms with van der Waals surface area (Å²) in [5.41, 5.74) is 8.29. The monoisotopic (exact) mass is 424 g/mol. The van der Waals surface area contributed by atoms with Crippen molar-refractivity contribution in [3.8, 4) is 6.07 Å². The number of aromatic amines is 1. The van der Waals surface area contributed by atoms with E-state index in [0.29, 0.717) is 22.0 Å². The van der Waals surface area contributed by atoms with Crippen molar-refractivity contribution in [3.05, 3.63) is 34.3 Å². The summed E-state index contributed by atoms with van der Waals surface area (Å²) in [6, 6.07) is 7.35. The highest BCUT2D eigenvalue weighted by Gasteiger charge is 2.20. The van der Waals surface area contributed by atoms with E-state index < -0.39 is 20.8 Å². The minimum atomic E-state index is -4.55. The van der Waals surface area contributed by atoms with E-state index in [4.69, 9.17) is 39.6 Å². The number of nitriles is 1. The first-order valence-electron chi connectivity index (χ1n) is 7.12. The largest absolute Gasteiger partial charge is 0.382 e. The lowest BCUT2D eigenvalue weighted by molar-refractivity contribution is 0.484. The van der Waals surface area contributed by atoms with Crippen LogP contribution in [0.5, 0.6) is 0 Å². The third kappa shape index (κ3) is 3.54. The highest BCUT2D eigenvalue weighted by Crippen LogP contribution is 2.37. The number of anilines is 1. The summed E-state index contributed by atoms with van der Waals surface area (Å²) in [7, 11) is -4.55. The number of hydrogen-bond acceptors (Lipinski definition) is 6. The van der Waals surface area contributed by atoms with Crippen LogP contribution in [0.2, 0.25) is 10.0 Å². The Hall–Kier alpha value is -2.84. The van der Waals surface area contributed by atoms with Gasteiger partial charge in [-0.25, -0.2) is 0 Å². The molecule has 6 N–H and O–H groups in total. The molecular formula is C15H10Cl2N6O3S. The normalized spacial score (nSPS) is 12.3. The number of hydrogen-bond donors (Lipinski definition) is 5. The zero-order valence-corrected chi connectivity index (χ0v) is 15.5. The maximum atomic E-state index is 11.7. The fourth-order valence-corrected chi connectivity index (χ4v) is 3.75. The van der Waals surface area contributed by atoms with Crippen LogP contribution in [0, 0.1) is 16.7 Å². The first-order valence-corrected chi connectivity index (χ1v) is 9.31. The molecule has 1 aromatic heterocycles. The molecule has 0 atom stereocenters. The van der Waals surface area contributed by atoms with Crippen molar-refractivity contribution in [1.82, 2.24) is 4.98 Å². The summed E-state index contributed by atoms with van der Waals surface area (Å²) in [6.07, 6.45) is 0. The van der Waals surface area contributed by atoms with Gasteiger partial charge in [-0.2, -0.15) is 18.8 Å². The molecule has 3 rings (SSSR count). The SMILES string of the molecule is N#C/C(=N\Nc1cc(Cl)cc2c1[nH]c1c(S(=O)(=O)O)cc(Cl)cc12)C(=N)N. The minimum absolute atomic E-state index is 0.104. The van der Waals surface area contributed by atoms with Crippen molar-refractivity contribution in [2.24, 2.45) is 10.8 Å². The molecule has 0 saturated heterocycles. The number of nitrogens with one attached hydrogen (secondary N) is 3. The number of nitrogens with two attached hydrogens (primary N) is 1. The zero-order valence-electron chi connectivity index (χ0n) is 13.2. The minimum Gasteiger partial charge on any atom is -0.382 e. The highest BCUT2D eigenvalue weighted by atomic mass is 35.5. The molecule has 0 aliphatic rings. The molecule has 2 aromatic carbocycles. The standard InChI is InChI=1S/C15H10Cl2N6O3S/c16-6-1-8-9-2-7(17)4-12(27(24,25)26)14(9)21-13(8)10(3-6)22-23-11(5-18)15(19)20/h1-4,21-22H,(H3,19,20)(H,24,25,26)/b23-11+. The third-order valence-electron chi connectivity index (χ3n) is 3.64. The quantitative estimate of drug-likeness (QED) is 0.186. The average molecular weight is 425 g/mol. The lowest BCUT2D eigenvalue weighted by Gasteiger charge is -2.04. The van der Waals surface area contributed by atoms with Gasteiger partial charge in [-0.05, 0) is 24.3 Å². The van der Waals surface area contributed by atoms with Crippen LogP contribution < -0.4 is 11.2 Å².